The van der Waals surface area contributed by atoms with E-state index in [0.29, 0.717) is 25.9 Å². The van der Waals surface area contributed by atoms with E-state index in [2.05, 4.69) is 41.9 Å². The van der Waals surface area contributed by atoms with Crippen LogP contribution in [0.5, 0.6) is 0 Å². The van der Waals surface area contributed by atoms with Gasteiger partial charge >= 0.3 is 0 Å². The van der Waals surface area contributed by atoms with Crippen LogP contribution in [-0.4, -0.2) is 49.9 Å². The normalized spacial score (nSPS) is 12.6. The number of rotatable bonds is 41. The van der Waals surface area contributed by atoms with Crippen molar-refractivity contribution in [2.24, 2.45) is 17.4 Å². The predicted octanol–water partition coefficient (Wildman–Crippen LogP) is 10.3. The van der Waals surface area contributed by atoms with Crippen LogP contribution in [0.2, 0.25) is 0 Å². The van der Waals surface area contributed by atoms with E-state index in [1.54, 1.807) is 0 Å². The first-order chi connectivity index (χ1) is 26.0. The Kier molecular flexibility index (Phi) is 39.7. The Morgan fingerprint density at radius 2 is 0.792 bits per heavy atom. The van der Waals surface area contributed by atoms with Crippen LogP contribution < -0.4 is 27.4 Å². The second kappa shape index (κ2) is 41.2. The Balaban J connectivity index is 4.34. The second-order valence-electron chi connectivity index (χ2n) is 15.6. The maximum atomic E-state index is 13.2. The first kappa shape index (κ1) is 51.1. The number of hydrogen-bond donors (Lipinski definition) is 5. The first-order valence-corrected chi connectivity index (χ1v) is 22.9. The molecule has 0 aliphatic heterocycles. The van der Waals surface area contributed by atoms with Crippen molar-refractivity contribution in [2.45, 2.75) is 225 Å². The number of amides is 3. The summed E-state index contributed by atoms with van der Waals surface area (Å²) in [6, 6.07) is -0.571. The Hall–Kier alpha value is -1.93. The third-order valence-corrected chi connectivity index (χ3v) is 10.5. The lowest BCUT2D eigenvalue weighted by atomic mass is 9.97. The molecule has 8 heteroatoms. The summed E-state index contributed by atoms with van der Waals surface area (Å²) in [5, 5.41) is 8.75. The van der Waals surface area contributed by atoms with Gasteiger partial charge in [0.05, 0.1) is 6.04 Å². The standard InChI is InChI=1S/C45H89N5O3/c1-3-5-7-9-11-13-15-17-19-20-22-24-26-28-30-34-38-48-43(51)41(44(52)49-39-40-50-45(53)42(47)36-32-33-37-46)35-31-29-27-25-23-21-18-16-14-12-10-8-6-4-2/h17,19,41-42H,3-16,18,20-40,46-47H2,1-2H3,(H,48,51)(H,49,52)(H,50,53)/b19-17-. The summed E-state index contributed by atoms with van der Waals surface area (Å²) in [5.41, 5.74) is 11.5. The SMILES string of the molecule is CCCCCCCC/C=C\CCCCCCCCNC(=O)C(CCCCCCCCCCCCCCCC)C(=O)NCCNC(=O)C(N)CCCCN. The molecule has 53 heavy (non-hydrogen) atoms. The maximum absolute atomic E-state index is 13.2. The summed E-state index contributed by atoms with van der Waals surface area (Å²) in [6.07, 6.45) is 42.9. The molecule has 0 saturated carbocycles. The smallest absolute Gasteiger partial charge is 0.236 e. The van der Waals surface area contributed by atoms with Crippen LogP contribution in [0.25, 0.3) is 0 Å². The summed E-state index contributed by atoms with van der Waals surface area (Å²) in [4.78, 5) is 38.6. The van der Waals surface area contributed by atoms with E-state index in [-0.39, 0.29) is 30.8 Å². The highest BCUT2D eigenvalue weighted by Gasteiger charge is 2.25. The predicted molar refractivity (Wildman–Crippen MR) is 228 cm³/mol. The van der Waals surface area contributed by atoms with E-state index < -0.39 is 12.0 Å². The van der Waals surface area contributed by atoms with Crippen molar-refractivity contribution < 1.29 is 14.4 Å². The van der Waals surface area contributed by atoms with Crippen LogP contribution in [-0.2, 0) is 14.4 Å². The second-order valence-corrected chi connectivity index (χ2v) is 15.6. The van der Waals surface area contributed by atoms with Gasteiger partial charge in [0, 0.05) is 19.6 Å². The first-order valence-electron chi connectivity index (χ1n) is 22.9. The monoisotopic (exact) mass is 748 g/mol. The van der Waals surface area contributed by atoms with Gasteiger partial charge < -0.3 is 27.4 Å². The van der Waals surface area contributed by atoms with Gasteiger partial charge in [-0.2, -0.15) is 0 Å². The van der Waals surface area contributed by atoms with Crippen molar-refractivity contribution >= 4 is 17.7 Å². The third-order valence-electron chi connectivity index (χ3n) is 10.5. The largest absolute Gasteiger partial charge is 0.355 e. The quantitative estimate of drug-likeness (QED) is 0.0241. The highest BCUT2D eigenvalue weighted by Crippen LogP contribution is 2.16. The number of carbonyl (C=O) groups is 3. The zero-order chi connectivity index (χ0) is 38.9. The lowest BCUT2D eigenvalue weighted by Gasteiger charge is -2.17. The van der Waals surface area contributed by atoms with Crippen LogP contribution >= 0.6 is 0 Å². The molecule has 0 fully saturated rings. The van der Waals surface area contributed by atoms with Gasteiger partial charge in [0.25, 0.3) is 0 Å². The van der Waals surface area contributed by atoms with Crippen LogP contribution in [0.1, 0.15) is 219 Å². The van der Waals surface area contributed by atoms with E-state index in [9.17, 15) is 14.4 Å². The molecule has 0 bridgehead atoms. The number of nitrogens with one attached hydrogen (secondary N) is 3. The molecule has 0 rings (SSSR count). The Bertz CT molecular complexity index is 852. The summed E-state index contributed by atoms with van der Waals surface area (Å²) in [6.45, 7) is 6.30. The van der Waals surface area contributed by atoms with Crippen molar-refractivity contribution in [3.05, 3.63) is 12.2 Å². The molecule has 2 unspecified atom stereocenters. The number of carbonyl (C=O) groups excluding carboxylic acids is 3. The lowest BCUT2D eigenvalue weighted by molar-refractivity contribution is -0.135. The number of allylic oxidation sites excluding steroid dienone is 2. The number of unbranched alkanes of at least 4 members (excludes halogenated alkanes) is 26. The topological polar surface area (TPSA) is 139 Å². The van der Waals surface area contributed by atoms with Gasteiger partial charge in [-0.15, -0.1) is 0 Å². The number of hydrogen-bond acceptors (Lipinski definition) is 5. The lowest BCUT2D eigenvalue weighted by Crippen LogP contribution is -2.46. The highest BCUT2D eigenvalue weighted by molar-refractivity contribution is 6.00. The molecule has 312 valence electrons. The molecule has 0 radical (unpaired) electrons. The molecular weight excluding hydrogens is 659 g/mol. The fourth-order valence-electron chi connectivity index (χ4n) is 6.90. The molecule has 0 aromatic heterocycles. The van der Waals surface area contributed by atoms with Gasteiger partial charge in [-0.1, -0.05) is 180 Å². The minimum absolute atomic E-state index is 0.170. The summed E-state index contributed by atoms with van der Waals surface area (Å²) < 4.78 is 0. The summed E-state index contributed by atoms with van der Waals surface area (Å²) in [5.74, 6) is -1.34. The average molecular weight is 748 g/mol. The molecule has 0 spiro atoms. The van der Waals surface area contributed by atoms with Gasteiger partial charge in [0.15, 0.2) is 0 Å². The zero-order valence-electron chi connectivity index (χ0n) is 35.1. The van der Waals surface area contributed by atoms with Crippen molar-refractivity contribution in [1.29, 1.82) is 0 Å². The van der Waals surface area contributed by atoms with Gasteiger partial charge in [-0.05, 0) is 57.9 Å². The van der Waals surface area contributed by atoms with E-state index >= 15 is 0 Å². The van der Waals surface area contributed by atoms with Crippen LogP contribution in [0.15, 0.2) is 12.2 Å². The van der Waals surface area contributed by atoms with E-state index in [1.165, 1.54) is 148 Å². The molecule has 8 nitrogen and oxygen atoms in total. The maximum Gasteiger partial charge on any atom is 0.236 e. The van der Waals surface area contributed by atoms with Crippen LogP contribution in [0.4, 0.5) is 0 Å². The molecule has 7 N–H and O–H groups in total. The van der Waals surface area contributed by atoms with Crippen molar-refractivity contribution in [3.63, 3.8) is 0 Å². The molecule has 0 aliphatic carbocycles. The van der Waals surface area contributed by atoms with Gasteiger partial charge in [0.1, 0.15) is 5.92 Å². The van der Waals surface area contributed by atoms with Crippen molar-refractivity contribution in [3.8, 4) is 0 Å². The fourth-order valence-corrected chi connectivity index (χ4v) is 6.90. The van der Waals surface area contributed by atoms with Crippen molar-refractivity contribution in [2.75, 3.05) is 26.2 Å². The Morgan fingerprint density at radius 1 is 0.434 bits per heavy atom. The van der Waals surface area contributed by atoms with E-state index in [0.717, 1.165) is 44.9 Å². The average Bonchev–Trinajstić information content (AvgIpc) is 3.16. The van der Waals surface area contributed by atoms with E-state index in [1.807, 2.05) is 0 Å². The molecule has 0 aromatic carbocycles. The summed E-state index contributed by atoms with van der Waals surface area (Å²) >= 11 is 0. The fraction of sp³-hybridized carbons (Fsp3) is 0.889. The molecule has 2 atom stereocenters. The highest BCUT2D eigenvalue weighted by atomic mass is 16.2. The van der Waals surface area contributed by atoms with Gasteiger partial charge in [-0.3, -0.25) is 14.4 Å². The molecule has 0 aliphatic rings. The summed E-state index contributed by atoms with van der Waals surface area (Å²) in [7, 11) is 0. The van der Waals surface area contributed by atoms with Crippen LogP contribution in [0, 0.1) is 5.92 Å². The molecule has 3 amide bonds. The number of nitrogens with two attached hydrogens (primary N) is 2. The third kappa shape index (κ3) is 35.5. The molecule has 0 aromatic rings. The molecular formula is C45H89N5O3. The van der Waals surface area contributed by atoms with Crippen molar-refractivity contribution in [1.82, 2.24) is 16.0 Å². The minimum Gasteiger partial charge on any atom is -0.355 e. The zero-order valence-corrected chi connectivity index (χ0v) is 35.1. The molecule has 0 saturated heterocycles. The molecule has 0 heterocycles. The Morgan fingerprint density at radius 3 is 1.25 bits per heavy atom. The minimum atomic E-state index is -0.698. The van der Waals surface area contributed by atoms with Gasteiger partial charge in [0.2, 0.25) is 17.7 Å². The van der Waals surface area contributed by atoms with Gasteiger partial charge in [-0.25, -0.2) is 0 Å². The van der Waals surface area contributed by atoms with Crippen LogP contribution in [0.3, 0.4) is 0 Å². The Labute approximate surface area is 328 Å². The van der Waals surface area contributed by atoms with E-state index in [4.69, 9.17) is 11.5 Å².